The van der Waals surface area contributed by atoms with Gasteiger partial charge in [0.2, 0.25) is 12.0 Å². The number of urea groups is 1. The van der Waals surface area contributed by atoms with Crippen LogP contribution < -0.4 is 25.8 Å². The zero-order chi connectivity index (χ0) is 54.1. The van der Waals surface area contributed by atoms with Crippen molar-refractivity contribution in [1.82, 2.24) is 34.4 Å². The molecule has 0 saturated carbocycles. The summed E-state index contributed by atoms with van der Waals surface area (Å²) in [6.45, 7) is 2.00. The zero-order valence-electron chi connectivity index (χ0n) is 41.4. The summed E-state index contributed by atoms with van der Waals surface area (Å²) >= 11 is 3.00. The number of imide groups is 1. The van der Waals surface area contributed by atoms with Crippen LogP contribution in [0.5, 0.6) is 23.0 Å². The van der Waals surface area contributed by atoms with Gasteiger partial charge in [-0.1, -0.05) is 60.7 Å². The highest BCUT2D eigenvalue weighted by Gasteiger charge is 2.17. The number of carbonyl (C=O) groups is 3. The number of benzene rings is 4. The molecule has 17 nitrogen and oxygen atoms in total. The predicted octanol–water partition coefficient (Wildman–Crippen LogP) is 11.6. The second-order valence-corrected chi connectivity index (χ2v) is 18.9. The second-order valence-electron chi connectivity index (χ2n) is 16.8. The second kappa shape index (κ2) is 26.3. The SMILES string of the molecule is C1CCOC1.Cn1cncc1-c1cc2nccc(Oc3ccc(N)cc3F)c2s1.Cn1cncc1-c1cc2nccc(Oc3ccc(NC(=O)NC(=O)Cc4ccccc4)cc3F)c2s1.O=C=NC(=O)Cc1ccccc1. The Kier molecular flexibility index (Phi) is 18.4. The molecule has 0 aliphatic carbocycles. The molecular weight excluding hydrogens is 1030 g/mol. The monoisotopic (exact) mass is 1070 g/mol. The normalized spacial score (nSPS) is 11.4. The number of halogens is 2. The van der Waals surface area contributed by atoms with Crippen LogP contribution in [0.1, 0.15) is 24.0 Å². The Morgan fingerprint density at radius 2 is 1.21 bits per heavy atom. The van der Waals surface area contributed by atoms with Crippen LogP contribution in [-0.2, 0) is 46.1 Å². The van der Waals surface area contributed by atoms with E-state index in [-0.39, 0.29) is 30.0 Å². The Morgan fingerprint density at radius 3 is 1.68 bits per heavy atom. The standard InChI is InChI=1S/C26H20FN5O3S.C17H13FN4OS.C9H7NO2.C4H8O/c1-32-15-28-14-20(32)23-13-19-25(36-23)22(9-10-29-19)35-21-8-7-17(12-18(21)27)30-26(34)31-24(33)11-16-5-3-2-4-6-16;1-22-9-20-8-13(22)16-7-12-17(24-16)15(4-5-21-12)23-14-3-2-10(19)6-11(14)18;11-7-10-9(12)6-8-4-2-1-3-5-8;1-2-4-5-3-1/h2-10,12-15H,11H2,1H3,(H2,30,31,33,34);2-9H,19H2,1H3;1-5H,6H2;1-4H2. The zero-order valence-corrected chi connectivity index (χ0v) is 43.0. The van der Waals surface area contributed by atoms with Gasteiger partial charge in [0.25, 0.3) is 5.91 Å². The Labute approximate surface area is 447 Å². The minimum atomic E-state index is -0.749. The molecule has 0 unspecified atom stereocenters. The fourth-order valence-electron chi connectivity index (χ4n) is 7.42. The number of hydrogen-bond acceptors (Lipinski definition) is 14. The Morgan fingerprint density at radius 1 is 0.688 bits per heavy atom. The van der Waals surface area contributed by atoms with E-state index in [0.29, 0.717) is 17.2 Å². The van der Waals surface area contributed by atoms with Gasteiger partial charge in [-0.3, -0.25) is 24.9 Å². The van der Waals surface area contributed by atoms with Gasteiger partial charge < -0.3 is 34.4 Å². The maximum atomic E-state index is 14.8. The van der Waals surface area contributed by atoms with Crippen molar-refractivity contribution >= 4 is 78.4 Å². The minimum absolute atomic E-state index is 0.0101. The van der Waals surface area contributed by atoms with Crippen LogP contribution in [0.25, 0.3) is 41.6 Å². The van der Waals surface area contributed by atoms with Crippen molar-refractivity contribution in [3.63, 3.8) is 0 Å². The van der Waals surface area contributed by atoms with Crippen molar-refractivity contribution < 1.29 is 42.2 Å². The van der Waals surface area contributed by atoms with Crippen LogP contribution in [0, 0.1) is 11.6 Å². The molecule has 21 heteroatoms. The molecular formula is C56H48F2N10O7S2. The van der Waals surface area contributed by atoms with E-state index in [1.165, 1.54) is 65.9 Å². The number of aliphatic imine (C=N–C) groups is 1. The minimum Gasteiger partial charge on any atom is -0.453 e. The molecule has 1 saturated heterocycles. The predicted molar refractivity (Wildman–Crippen MR) is 292 cm³/mol. The number of imidazole rings is 2. The maximum absolute atomic E-state index is 14.8. The molecule has 0 spiro atoms. The van der Waals surface area contributed by atoms with Gasteiger partial charge in [0.05, 0.1) is 79.5 Å². The fourth-order valence-corrected chi connectivity index (χ4v) is 9.65. The van der Waals surface area contributed by atoms with Crippen molar-refractivity contribution in [1.29, 1.82) is 0 Å². The summed E-state index contributed by atoms with van der Waals surface area (Å²) in [5, 5.41) is 4.70. The number of isocyanates is 1. The molecule has 4 N–H and O–H groups in total. The Hall–Kier alpha value is -9.27. The Bertz CT molecular complexity index is 3680. The fraction of sp³-hybridized carbons (Fsp3) is 0.143. The summed E-state index contributed by atoms with van der Waals surface area (Å²) in [6, 6.07) is 33.1. The highest BCUT2D eigenvalue weighted by atomic mass is 32.1. The lowest BCUT2D eigenvalue weighted by molar-refractivity contribution is -0.119. The number of nitrogens with two attached hydrogens (primary N) is 1. The van der Waals surface area contributed by atoms with Gasteiger partial charge >= 0.3 is 6.03 Å². The van der Waals surface area contributed by atoms with E-state index in [2.05, 4.69) is 35.6 Å². The lowest BCUT2D eigenvalue weighted by Gasteiger charge is -2.10. The third kappa shape index (κ3) is 15.0. The molecule has 4 amide bonds. The lowest BCUT2D eigenvalue weighted by Crippen LogP contribution is -2.35. The van der Waals surface area contributed by atoms with Crippen molar-refractivity contribution in [2.24, 2.45) is 19.1 Å². The molecule has 6 aromatic heterocycles. The number of thiophene rings is 2. The molecule has 77 heavy (non-hydrogen) atoms. The van der Waals surface area contributed by atoms with Crippen LogP contribution in [0.2, 0.25) is 0 Å². The smallest absolute Gasteiger partial charge is 0.325 e. The molecule has 7 heterocycles. The molecule has 1 aliphatic rings. The number of amides is 4. The number of pyridine rings is 2. The molecule has 1 fully saturated rings. The third-order valence-corrected chi connectivity index (χ3v) is 13.5. The number of nitrogens with zero attached hydrogens (tertiary/aromatic N) is 7. The van der Waals surface area contributed by atoms with Gasteiger partial charge in [0.1, 0.15) is 11.5 Å². The van der Waals surface area contributed by atoms with Gasteiger partial charge in [0.15, 0.2) is 23.1 Å². The van der Waals surface area contributed by atoms with Crippen LogP contribution in [-0.4, -0.2) is 66.2 Å². The average Bonchev–Trinajstić information content (AvgIpc) is 4.30. The van der Waals surface area contributed by atoms with E-state index in [1.54, 1.807) is 79.9 Å². The lowest BCUT2D eigenvalue weighted by atomic mass is 10.1. The van der Waals surface area contributed by atoms with Gasteiger partial charge in [-0.15, -0.1) is 27.7 Å². The van der Waals surface area contributed by atoms with Crippen LogP contribution >= 0.6 is 22.7 Å². The molecule has 0 bridgehead atoms. The number of anilines is 2. The largest absolute Gasteiger partial charge is 0.453 e. The summed E-state index contributed by atoms with van der Waals surface area (Å²) in [7, 11) is 3.84. The van der Waals surface area contributed by atoms with Crippen molar-refractivity contribution in [2.75, 3.05) is 24.3 Å². The van der Waals surface area contributed by atoms with Crippen LogP contribution in [0.3, 0.4) is 0 Å². The number of fused-ring (bicyclic) bond motifs is 2. The van der Waals surface area contributed by atoms with E-state index < -0.39 is 29.5 Å². The number of rotatable bonds is 11. The Balaban J connectivity index is 0.000000162. The van der Waals surface area contributed by atoms with Crippen molar-refractivity contribution in [2.45, 2.75) is 25.7 Å². The summed E-state index contributed by atoms with van der Waals surface area (Å²) < 4.78 is 50.8. The number of ether oxygens (including phenoxy) is 3. The highest BCUT2D eigenvalue weighted by Crippen LogP contribution is 2.41. The van der Waals surface area contributed by atoms with Crippen molar-refractivity contribution in [3.05, 3.63) is 182 Å². The van der Waals surface area contributed by atoms with E-state index in [1.807, 2.05) is 71.8 Å². The van der Waals surface area contributed by atoms with Crippen LogP contribution in [0.4, 0.5) is 25.0 Å². The first-order chi connectivity index (χ1) is 37.4. The first kappa shape index (κ1) is 54.0. The van der Waals surface area contributed by atoms with Gasteiger partial charge in [-0.2, -0.15) is 0 Å². The van der Waals surface area contributed by atoms with E-state index in [9.17, 15) is 28.0 Å². The summed E-state index contributed by atoms with van der Waals surface area (Å²) in [6.07, 6.45) is 14.3. The highest BCUT2D eigenvalue weighted by molar-refractivity contribution is 7.23. The van der Waals surface area contributed by atoms with Crippen LogP contribution in [0.15, 0.2) is 164 Å². The number of aryl methyl sites for hydroxylation is 2. The van der Waals surface area contributed by atoms with E-state index in [0.717, 1.165) is 72.0 Å². The summed E-state index contributed by atoms with van der Waals surface area (Å²) in [4.78, 5) is 66.7. The van der Waals surface area contributed by atoms with Gasteiger partial charge in [-0.05, 0) is 60.4 Å². The molecule has 10 aromatic rings. The molecule has 0 atom stereocenters. The van der Waals surface area contributed by atoms with E-state index in [4.69, 9.17) is 19.9 Å². The summed E-state index contributed by atoms with van der Waals surface area (Å²) in [5.74, 6) is -0.959. The van der Waals surface area contributed by atoms with Gasteiger partial charge in [-0.25, -0.2) is 28.3 Å². The maximum Gasteiger partial charge on any atom is 0.325 e. The number of nitrogen functional groups attached to an aromatic ring is 1. The first-order valence-corrected chi connectivity index (χ1v) is 25.3. The number of carbonyl (C=O) groups excluding carboxylic acids is 4. The summed E-state index contributed by atoms with van der Waals surface area (Å²) in [5.41, 5.74) is 11.2. The van der Waals surface area contributed by atoms with E-state index >= 15 is 0 Å². The number of aromatic nitrogens is 6. The molecule has 0 radical (unpaired) electrons. The quantitative estimate of drug-likeness (QED) is 0.0626. The number of nitrogens with one attached hydrogen (secondary N) is 2. The van der Waals surface area contributed by atoms with Crippen molar-refractivity contribution in [3.8, 4) is 44.1 Å². The molecule has 1 aliphatic heterocycles. The van der Waals surface area contributed by atoms with Gasteiger partial charge in [0, 0.05) is 75.3 Å². The average molecular weight is 1080 g/mol. The third-order valence-electron chi connectivity index (χ3n) is 11.1. The molecule has 4 aromatic carbocycles. The first-order valence-electron chi connectivity index (χ1n) is 23.7. The molecule has 11 rings (SSSR count). The topological polar surface area (TPSA) is 220 Å². The molecule has 390 valence electrons. The number of hydrogen-bond donors (Lipinski definition) is 3.